The van der Waals surface area contributed by atoms with Gasteiger partial charge in [0.1, 0.15) is 0 Å². The molecule has 5 aromatic carbocycles. The molecule has 0 bridgehead atoms. The number of alkyl halides is 6. The Hall–Kier alpha value is -6.46. The van der Waals surface area contributed by atoms with Crippen molar-refractivity contribution in [1.29, 1.82) is 10.5 Å². The fourth-order valence-corrected chi connectivity index (χ4v) is 3.84. The molecule has 8 rings (SSSR count). The maximum Gasteiger partial charge on any atom is 1.00 e. The maximum atomic E-state index is 10.7. The van der Waals surface area contributed by atoms with E-state index in [1.54, 1.807) is 61.4 Å². The first kappa shape index (κ1) is 57.5. The largest absolute Gasteiger partial charge is 1.00 e. The Morgan fingerprint density at radius 3 is 0.656 bits per heavy atom. The van der Waals surface area contributed by atoms with E-state index in [0.29, 0.717) is 11.1 Å². The van der Waals surface area contributed by atoms with Crippen LogP contribution in [0.15, 0.2) is 171 Å². The summed E-state index contributed by atoms with van der Waals surface area (Å²) in [7, 11) is -12.2. The molecule has 0 spiro atoms. The Morgan fingerprint density at radius 1 is 0.375 bits per heavy atom. The molecule has 8 aromatic rings. The van der Waals surface area contributed by atoms with Crippen molar-refractivity contribution in [2.24, 2.45) is 0 Å². The molecule has 0 fully saturated rings. The third kappa shape index (κ3) is 22.6. The van der Waals surface area contributed by atoms with Crippen LogP contribution in [0.4, 0.5) is 26.3 Å². The molecule has 0 aliphatic heterocycles. The van der Waals surface area contributed by atoms with E-state index in [-0.39, 0.29) is 34.1 Å². The average molecular weight is 1020 g/mol. The molecule has 0 aliphatic carbocycles. The molecule has 3 aromatic heterocycles. The molecule has 0 N–H and O–H groups in total. The Morgan fingerprint density at radius 2 is 0.531 bits per heavy atom. The van der Waals surface area contributed by atoms with E-state index in [4.69, 9.17) is 36.5 Å². The summed E-state index contributed by atoms with van der Waals surface area (Å²) < 4.78 is 118. The summed E-state index contributed by atoms with van der Waals surface area (Å²) >= 11 is 0. The molecule has 0 atom stereocenters. The Balaban J connectivity index is 0.000000722. The normalized spacial score (nSPS) is 10.2. The summed E-state index contributed by atoms with van der Waals surface area (Å²) in [4.78, 5) is 0. The van der Waals surface area contributed by atoms with Crippen molar-refractivity contribution < 1.29 is 86.4 Å². The van der Waals surface area contributed by atoms with Gasteiger partial charge in [-0.25, -0.2) is 16.8 Å². The number of nitriles is 2. The number of fused-ring (bicyclic) bond motifs is 3. The van der Waals surface area contributed by atoms with Gasteiger partial charge in [0.25, 0.3) is 0 Å². The van der Waals surface area contributed by atoms with Gasteiger partial charge in [-0.2, -0.15) is 67.5 Å². The quantitative estimate of drug-likeness (QED) is 0.0604. The number of halogens is 6. The molecule has 0 unspecified atom stereocenters. The van der Waals surface area contributed by atoms with Crippen LogP contribution in [-0.2, 0) is 54.4 Å². The second-order valence-corrected chi connectivity index (χ2v) is 13.9. The molecule has 14 nitrogen and oxygen atoms in total. The van der Waals surface area contributed by atoms with E-state index in [9.17, 15) is 26.3 Å². The summed E-state index contributed by atoms with van der Waals surface area (Å²) in [5.74, 6) is 0. The minimum atomic E-state index is -6.09. The van der Waals surface area contributed by atoms with Gasteiger partial charge in [0.05, 0.1) is 60.4 Å². The van der Waals surface area contributed by atoms with E-state index in [1.165, 1.54) is 0 Å². The van der Waals surface area contributed by atoms with Crippen LogP contribution in [-0.4, -0.2) is 67.5 Å². The molecule has 0 aliphatic rings. The van der Waals surface area contributed by atoms with E-state index in [2.05, 4.69) is 30.6 Å². The summed E-state index contributed by atoms with van der Waals surface area (Å²) in [6.07, 6.45) is 10.6. The van der Waals surface area contributed by atoms with Crippen LogP contribution < -0.4 is 0 Å². The summed E-state index contributed by atoms with van der Waals surface area (Å²) in [6.45, 7) is 0. The van der Waals surface area contributed by atoms with Crippen LogP contribution in [0.5, 0.6) is 0 Å². The van der Waals surface area contributed by atoms with Gasteiger partial charge in [0, 0.05) is 32.3 Å². The zero-order chi connectivity index (χ0) is 46.1. The predicted octanol–water partition coefficient (Wildman–Crippen LogP) is 8.10. The second kappa shape index (κ2) is 29.0. The molecule has 340 valence electrons. The summed E-state index contributed by atoms with van der Waals surface area (Å²) in [6, 6.07) is 46.4. The first-order chi connectivity index (χ1) is 29.3. The average Bonchev–Trinajstić information content (AvgIpc) is 3.27. The van der Waals surface area contributed by atoms with Gasteiger partial charge < -0.3 is 9.11 Å². The van der Waals surface area contributed by atoms with E-state index >= 15 is 0 Å². The molecule has 24 heteroatoms. The molecule has 0 radical (unpaired) electrons. The number of aromatic nitrogens is 6. The third-order valence-corrected chi connectivity index (χ3v) is 7.88. The van der Waals surface area contributed by atoms with Gasteiger partial charge in [0.2, 0.25) is 0 Å². The van der Waals surface area contributed by atoms with Crippen molar-refractivity contribution in [3.05, 3.63) is 182 Å². The van der Waals surface area contributed by atoms with Gasteiger partial charge in [-0.3, -0.25) is 0 Å². The van der Waals surface area contributed by atoms with E-state index in [0.717, 1.165) is 32.3 Å². The summed E-state index contributed by atoms with van der Waals surface area (Å²) in [5.41, 5.74) is -9.86. The van der Waals surface area contributed by atoms with Crippen LogP contribution >= 0.6 is 0 Å². The molecular formula is C40H28Cu2F6N8O6S2. The molecule has 0 amide bonds. The van der Waals surface area contributed by atoms with E-state index in [1.807, 2.05) is 121 Å². The summed E-state index contributed by atoms with van der Waals surface area (Å²) in [5, 5.41) is 46.0. The molecule has 3 heterocycles. The zero-order valence-electron chi connectivity index (χ0n) is 31.9. The van der Waals surface area contributed by atoms with Crippen molar-refractivity contribution in [3.8, 4) is 12.1 Å². The smallest absolute Gasteiger partial charge is 0.741 e. The number of hydrogen-bond donors (Lipinski definition) is 0. The number of benzene rings is 5. The number of hydrogen-bond acceptors (Lipinski definition) is 14. The van der Waals surface area contributed by atoms with Crippen molar-refractivity contribution in [1.82, 2.24) is 30.6 Å². The zero-order valence-corrected chi connectivity index (χ0v) is 35.4. The minimum absolute atomic E-state index is 0. The monoisotopic (exact) mass is 1020 g/mol. The predicted molar refractivity (Wildman–Crippen MR) is 212 cm³/mol. The van der Waals surface area contributed by atoms with Gasteiger partial charge in [-0.1, -0.05) is 109 Å². The number of rotatable bonds is 0. The van der Waals surface area contributed by atoms with Crippen molar-refractivity contribution in [3.63, 3.8) is 0 Å². The van der Waals surface area contributed by atoms with Crippen LogP contribution in [0.25, 0.3) is 32.3 Å². The van der Waals surface area contributed by atoms with Crippen molar-refractivity contribution in [2.45, 2.75) is 11.0 Å². The van der Waals surface area contributed by atoms with Crippen LogP contribution in [0, 0.1) is 22.7 Å². The van der Waals surface area contributed by atoms with Gasteiger partial charge >= 0.3 is 45.2 Å². The van der Waals surface area contributed by atoms with Gasteiger partial charge in [-0.05, 0) is 24.3 Å². The Kier molecular flexibility index (Phi) is 26.1. The Labute approximate surface area is 383 Å². The fourth-order valence-electron chi connectivity index (χ4n) is 3.84. The molecule has 0 saturated heterocycles. The van der Waals surface area contributed by atoms with Crippen LogP contribution in [0.1, 0.15) is 11.1 Å². The second-order valence-electron chi connectivity index (χ2n) is 11.1. The van der Waals surface area contributed by atoms with Crippen LogP contribution in [0.3, 0.4) is 0 Å². The standard InChI is InChI=1S/3C8H6N2.2C7H5N.2CHF3O3S.2Cu/c3*1-2-4-8-6-10-9-5-7(8)3-1;2*8-6-7-4-2-1-3-5-7;2*2-1(3,4)8(5,6)7;;/h3*1-6H;2*1-5H;2*(H,5,6,7);;/q;;;;;;;2*+1/p-2. The van der Waals surface area contributed by atoms with Crippen molar-refractivity contribution in [2.75, 3.05) is 0 Å². The fraction of sp³-hybridized carbons (Fsp3) is 0.0500. The molecule has 64 heavy (non-hydrogen) atoms. The van der Waals surface area contributed by atoms with Crippen molar-refractivity contribution >= 4 is 52.6 Å². The first-order valence-corrected chi connectivity index (χ1v) is 19.5. The van der Waals surface area contributed by atoms with E-state index < -0.39 is 31.3 Å². The topological polar surface area (TPSA) is 239 Å². The van der Waals surface area contributed by atoms with Gasteiger partial charge in [-0.15, -0.1) is 0 Å². The maximum absolute atomic E-state index is 10.7. The van der Waals surface area contributed by atoms with Crippen LogP contribution in [0.2, 0.25) is 0 Å². The third-order valence-electron chi connectivity index (χ3n) is 6.74. The first-order valence-electron chi connectivity index (χ1n) is 16.7. The minimum Gasteiger partial charge on any atom is -0.741 e. The molecular weight excluding hydrogens is 994 g/mol. The SMILES string of the molecule is N#Cc1ccccc1.N#Cc1ccccc1.O=S(=O)([O-])C(F)(F)F.O=S(=O)([O-])C(F)(F)F.[Cu+].[Cu+].c1ccc2cnncc2c1.c1ccc2cnncc2c1.c1ccc2cnncc2c1. The van der Waals surface area contributed by atoms with Gasteiger partial charge in [0.15, 0.2) is 20.2 Å². The molecule has 0 saturated carbocycles. The Bertz CT molecular complexity index is 2440. The number of nitrogens with zero attached hydrogens (tertiary/aromatic N) is 8.